The number of carbonyl (C=O) groups is 1. The van der Waals surface area contributed by atoms with Crippen LogP contribution in [-0.2, 0) is 16.0 Å². The van der Waals surface area contributed by atoms with E-state index in [2.05, 4.69) is 40.4 Å². The maximum absolute atomic E-state index is 12.8. The van der Waals surface area contributed by atoms with Crippen molar-refractivity contribution in [3.05, 3.63) is 29.8 Å². The minimum Gasteiger partial charge on any atom is -0.379 e. The van der Waals surface area contributed by atoms with Gasteiger partial charge in [0.05, 0.1) is 19.8 Å². The molecule has 160 valence electrons. The molecule has 2 aliphatic heterocycles. The van der Waals surface area contributed by atoms with Crippen molar-refractivity contribution in [3.8, 4) is 0 Å². The quantitative estimate of drug-likeness (QED) is 0.558. The number of benzene rings is 1. The Morgan fingerprint density at radius 2 is 1.93 bits per heavy atom. The molecular weight excluding hydrogens is 366 g/mol. The number of fused-ring (bicyclic) bond motifs is 1. The molecule has 0 saturated carbocycles. The molecule has 7 heteroatoms. The number of ether oxygens (including phenoxy) is 1. The smallest absolute Gasteiger partial charge is 0.246 e. The van der Waals surface area contributed by atoms with Crippen LogP contribution in [0.25, 0.3) is 0 Å². The van der Waals surface area contributed by atoms with Gasteiger partial charge >= 0.3 is 0 Å². The van der Waals surface area contributed by atoms with Gasteiger partial charge in [0.25, 0.3) is 0 Å². The van der Waals surface area contributed by atoms with Crippen molar-refractivity contribution < 1.29 is 9.53 Å². The molecule has 2 heterocycles. The third kappa shape index (κ3) is 5.70. The zero-order chi connectivity index (χ0) is 20.6. The molecule has 1 aromatic carbocycles. The number of para-hydroxylation sites is 1. The molecule has 0 radical (unpaired) electrons. The highest BCUT2D eigenvalue weighted by atomic mass is 16.5. The first kappa shape index (κ1) is 21.6. The molecule has 1 aromatic rings. The average molecular weight is 402 g/mol. The molecule has 1 saturated heterocycles. The Kier molecular flexibility index (Phi) is 7.89. The number of nitrogens with one attached hydrogen (secondary N) is 2. The van der Waals surface area contributed by atoms with Crippen molar-refractivity contribution in [2.75, 3.05) is 57.9 Å². The number of rotatable bonds is 6. The number of amides is 1. The van der Waals surface area contributed by atoms with Crippen molar-refractivity contribution in [1.29, 1.82) is 0 Å². The summed E-state index contributed by atoms with van der Waals surface area (Å²) in [6.07, 6.45) is 2.04. The molecule has 1 unspecified atom stereocenters. The lowest BCUT2D eigenvalue weighted by atomic mass is 10.0. The fraction of sp³-hybridized carbons (Fsp3) is 0.636. The summed E-state index contributed by atoms with van der Waals surface area (Å²) in [5.74, 6) is 1.27. The van der Waals surface area contributed by atoms with Gasteiger partial charge in [0.15, 0.2) is 5.96 Å². The van der Waals surface area contributed by atoms with Gasteiger partial charge in [0, 0.05) is 45.0 Å². The fourth-order valence-electron chi connectivity index (χ4n) is 4.16. The van der Waals surface area contributed by atoms with Crippen LogP contribution in [0.4, 0.5) is 5.69 Å². The van der Waals surface area contributed by atoms with E-state index in [0.717, 1.165) is 57.9 Å². The van der Waals surface area contributed by atoms with E-state index in [4.69, 9.17) is 4.74 Å². The number of hydrogen-bond donors (Lipinski definition) is 2. The molecule has 1 fully saturated rings. The molecule has 0 spiro atoms. The van der Waals surface area contributed by atoms with Crippen molar-refractivity contribution in [1.82, 2.24) is 15.5 Å². The van der Waals surface area contributed by atoms with E-state index in [1.165, 1.54) is 5.56 Å². The number of aliphatic imine (C=N–C) groups is 1. The van der Waals surface area contributed by atoms with Crippen LogP contribution < -0.4 is 15.5 Å². The predicted molar refractivity (Wildman–Crippen MR) is 117 cm³/mol. The van der Waals surface area contributed by atoms with E-state index in [1.54, 1.807) is 7.05 Å². The van der Waals surface area contributed by atoms with Gasteiger partial charge in [-0.25, -0.2) is 0 Å². The van der Waals surface area contributed by atoms with Crippen LogP contribution in [0.15, 0.2) is 29.3 Å². The summed E-state index contributed by atoms with van der Waals surface area (Å²) < 4.78 is 5.48. The van der Waals surface area contributed by atoms with Gasteiger partial charge in [-0.05, 0) is 30.4 Å². The second-order valence-electron chi connectivity index (χ2n) is 8.04. The molecule has 0 bridgehead atoms. The summed E-state index contributed by atoms with van der Waals surface area (Å²) >= 11 is 0. The number of carbonyl (C=O) groups excluding carboxylic acids is 1. The maximum atomic E-state index is 12.8. The fourth-order valence-corrected chi connectivity index (χ4v) is 4.16. The van der Waals surface area contributed by atoms with E-state index in [9.17, 15) is 4.79 Å². The first-order valence-corrected chi connectivity index (χ1v) is 10.7. The zero-order valence-electron chi connectivity index (χ0n) is 18.0. The number of aryl methyl sites for hydroxylation is 1. The van der Waals surface area contributed by atoms with Crippen LogP contribution in [0.5, 0.6) is 0 Å². The van der Waals surface area contributed by atoms with Crippen molar-refractivity contribution >= 4 is 17.6 Å². The number of anilines is 1. The maximum Gasteiger partial charge on any atom is 0.246 e. The van der Waals surface area contributed by atoms with Gasteiger partial charge in [-0.2, -0.15) is 0 Å². The summed E-state index contributed by atoms with van der Waals surface area (Å²) in [4.78, 5) is 21.5. The lowest BCUT2D eigenvalue weighted by molar-refractivity contribution is -0.117. The van der Waals surface area contributed by atoms with Gasteiger partial charge in [-0.15, -0.1) is 0 Å². The van der Waals surface area contributed by atoms with Crippen LogP contribution in [-0.4, -0.2) is 75.8 Å². The van der Waals surface area contributed by atoms with Crippen LogP contribution in [0, 0.1) is 5.92 Å². The van der Waals surface area contributed by atoms with E-state index < -0.39 is 0 Å². The average Bonchev–Trinajstić information content (AvgIpc) is 2.76. The minimum atomic E-state index is 0.0775. The first-order chi connectivity index (χ1) is 14.1. The third-order valence-electron chi connectivity index (χ3n) is 5.80. The Hall–Kier alpha value is -2.12. The predicted octanol–water partition coefficient (Wildman–Crippen LogP) is 1.49. The minimum absolute atomic E-state index is 0.0775. The van der Waals surface area contributed by atoms with Crippen LogP contribution in [0.2, 0.25) is 0 Å². The number of morpholine rings is 1. The summed E-state index contributed by atoms with van der Waals surface area (Å²) in [6, 6.07) is 8.59. The molecule has 2 N–H and O–H groups in total. The molecular formula is C22H35N5O2. The van der Waals surface area contributed by atoms with Crippen LogP contribution in [0.3, 0.4) is 0 Å². The Bertz CT molecular complexity index is 700. The third-order valence-corrected chi connectivity index (χ3v) is 5.80. The summed E-state index contributed by atoms with van der Waals surface area (Å²) in [5, 5.41) is 6.61. The van der Waals surface area contributed by atoms with E-state index in [0.29, 0.717) is 17.9 Å². The molecule has 0 aromatic heterocycles. The van der Waals surface area contributed by atoms with E-state index >= 15 is 0 Å². The van der Waals surface area contributed by atoms with Crippen molar-refractivity contribution in [2.45, 2.75) is 32.7 Å². The molecule has 3 rings (SSSR count). The molecule has 7 nitrogen and oxygen atoms in total. The standard InChI is InChI=1S/C22H35N5O2/c1-17(2)20(26-11-13-29-14-12-26)15-24-22(23-3)25-16-21(28)27-10-6-8-18-7-4-5-9-19(18)27/h4-5,7,9,17,20H,6,8,10-16H2,1-3H3,(H2,23,24,25). The highest BCUT2D eigenvalue weighted by Gasteiger charge is 2.25. The lowest BCUT2D eigenvalue weighted by Gasteiger charge is -2.37. The van der Waals surface area contributed by atoms with Crippen LogP contribution >= 0.6 is 0 Å². The molecule has 2 aliphatic rings. The lowest BCUT2D eigenvalue weighted by Crippen LogP contribution is -2.53. The second kappa shape index (κ2) is 10.6. The summed E-state index contributed by atoms with van der Waals surface area (Å²) in [5.41, 5.74) is 2.29. The summed E-state index contributed by atoms with van der Waals surface area (Å²) in [7, 11) is 1.75. The largest absolute Gasteiger partial charge is 0.379 e. The van der Waals surface area contributed by atoms with Crippen LogP contribution in [0.1, 0.15) is 25.8 Å². The van der Waals surface area contributed by atoms with Gasteiger partial charge in [-0.3, -0.25) is 14.7 Å². The molecule has 1 atom stereocenters. The summed E-state index contributed by atoms with van der Waals surface area (Å²) in [6.45, 7) is 9.80. The van der Waals surface area contributed by atoms with E-state index in [-0.39, 0.29) is 12.5 Å². The van der Waals surface area contributed by atoms with Gasteiger partial charge in [0.1, 0.15) is 0 Å². The molecule has 1 amide bonds. The van der Waals surface area contributed by atoms with Gasteiger partial charge < -0.3 is 20.3 Å². The van der Waals surface area contributed by atoms with Crippen molar-refractivity contribution in [3.63, 3.8) is 0 Å². The van der Waals surface area contributed by atoms with E-state index in [1.807, 2.05) is 23.1 Å². The number of guanidine groups is 1. The molecule has 29 heavy (non-hydrogen) atoms. The Morgan fingerprint density at radius 3 is 2.66 bits per heavy atom. The van der Waals surface area contributed by atoms with Gasteiger partial charge in [-0.1, -0.05) is 32.0 Å². The number of hydrogen-bond acceptors (Lipinski definition) is 4. The first-order valence-electron chi connectivity index (χ1n) is 10.7. The molecule has 0 aliphatic carbocycles. The van der Waals surface area contributed by atoms with Gasteiger partial charge in [0.2, 0.25) is 5.91 Å². The highest BCUT2D eigenvalue weighted by Crippen LogP contribution is 2.26. The monoisotopic (exact) mass is 401 g/mol. The Morgan fingerprint density at radius 1 is 1.17 bits per heavy atom. The highest BCUT2D eigenvalue weighted by molar-refractivity contribution is 5.98. The second-order valence-corrected chi connectivity index (χ2v) is 8.04. The SMILES string of the molecule is CN=C(NCC(=O)N1CCCc2ccccc21)NCC(C(C)C)N1CCOCC1. The Balaban J connectivity index is 1.52. The zero-order valence-corrected chi connectivity index (χ0v) is 18.0. The Labute approximate surface area is 174 Å². The number of nitrogens with zero attached hydrogens (tertiary/aromatic N) is 3. The topological polar surface area (TPSA) is 69.2 Å². The van der Waals surface area contributed by atoms with Crippen molar-refractivity contribution in [2.24, 2.45) is 10.9 Å². The normalized spacial score (nSPS) is 19.0.